The second-order valence-corrected chi connectivity index (χ2v) is 12.0. The largest absolute Gasteiger partial charge is 0.510 e. The molecule has 5 atom stereocenters. The minimum atomic E-state index is -2.66. The molecule has 1 unspecified atom stereocenters. The number of amides is 1. The quantitative estimate of drug-likeness (QED) is 0.348. The molecule has 0 radical (unpaired) electrons. The van der Waals surface area contributed by atoms with Crippen molar-refractivity contribution in [3.05, 3.63) is 50.4 Å². The molecule has 1 fully saturated rings. The van der Waals surface area contributed by atoms with Crippen molar-refractivity contribution in [2.24, 2.45) is 17.6 Å². The number of nitrogens with two attached hydrogens (primary N) is 1. The molecule has 1 aromatic carbocycles. The SMILES string of the molecule is CC(C)N1CCCC1c1cc(O)c2c(c1Cl)C[C@H]1C[C@H]3[C@H](N(C)C)C(O)=C(C(N)=O)C(=O)[C@@]3(O)C(O)=C1C2=O. The smallest absolute Gasteiger partial charge is 0.255 e. The Morgan fingerprint density at radius 3 is 2.49 bits per heavy atom. The third-order valence-electron chi connectivity index (χ3n) is 9.00. The molecule has 0 spiro atoms. The Balaban J connectivity index is 1.67. The minimum absolute atomic E-state index is 0.0195. The predicted octanol–water partition coefficient (Wildman–Crippen LogP) is 2.32. The number of aliphatic hydroxyl groups excluding tert-OH is 2. The summed E-state index contributed by atoms with van der Waals surface area (Å²) in [6.45, 7) is 5.08. The molecule has 0 saturated carbocycles. The number of halogens is 1. The number of Topliss-reactive ketones (excluding diaryl/α,β-unsaturated/α-hetero) is 2. The molecule has 39 heavy (non-hydrogen) atoms. The van der Waals surface area contributed by atoms with E-state index in [1.54, 1.807) is 14.1 Å². The molecule has 0 bridgehead atoms. The molecule has 1 aromatic rings. The number of hydrogen-bond donors (Lipinski definition) is 5. The van der Waals surface area contributed by atoms with Crippen molar-refractivity contribution in [1.82, 2.24) is 9.80 Å². The Kier molecular flexibility index (Phi) is 6.61. The molecule has 1 amide bonds. The monoisotopic (exact) mass is 559 g/mol. The van der Waals surface area contributed by atoms with Crippen LogP contribution in [-0.4, -0.2) is 86.0 Å². The lowest BCUT2D eigenvalue weighted by molar-refractivity contribution is -0.148. The number of likely N-dealkylation sites (tertiary alicyclic amines) is 1. The van der Waals surface area contributed by atoms with E-state index in [-0.39, 0.29) is 41.8 Å². The van der Waals surface area contributed by atoms with Gasteiger partial charge in [-0.15, -0.1) is 0 Å². The van der Waals surface area contributed by atoms with E-state index in [0.29, 0.717) is 10.6 Å². The van der Waals surface area contributed by atoms with Crippen LogP contribution in [0.25, 0.3) is 0 Å². The first-order chi connectivity index (χ1) is 18.2. The lowest BCUT2D eigenvalue weighted by Crippen LogP contribution is -2.63. The topological polar surface area (TPSA) is 165 Å². The molecule has 10 nitrogen and oxygen atoms in total. The van der Waals surface area contributed by atoms with Crippen molar-refractivity contribution in [3.63, 3.8) is 0 Å². The molecule has 1 aliphatic heterocycles. The summed E-state index contributed by atoms with van der Waals surface area (Å²) in [6.07, 6.45) is 2.02. The zero-order valence-corrected chi connectivity index (χ0v) is 23.1. The molecule has 1 saturated heterocycles. The van der Waals surface area contributed by atoms with Gasteiger partial charge in [-0.1, -0.05) is 11.6 Å². The fraction of sp³-hybridized carbons (Fsp3) is 0.536. The van der Waals surface area contributed by atoms with E-state index in [1.165, 1.54) is 11.0 Å². The maximum Gasteiger partial charge on any atom is 0.255 e. The zero-order valence-electron chi connectivity index (χ0n) is 22.4. The first-order valence-electron chi connectivity index (χ1n) is 13.2. The van der Waals surface area contributed by atoms with Crippen LogP contribution in [0.1, 0.15) is 60.6 Å². The third-order valence-corrected chi connectivity index (χ3v) is 9.45. The highest BCUT2D eigenvalue weighted by Crippen LogP contribution is 2.54. The Labute approximate surface area is 231 Å². The fourth-order valence-corrected chi connectivity index (χ4v) is 7.65. The van der Waals surface area contributed by atoms with E-state index in [0.717, 1.165) is 24.9 Å². The number of aliphatic hydroxyl groups is 3. The van der Waals surface area contributed by atoms with Crippen LogP contribution in [-0.2, 0) is 16.0 Å². The number of rotatable bonds is 4. The Bertz CT molecular complexity index is 1370. The summed E-state index contributed by atoms with van der Waals surface area (Å²) in [5.74, 6) is -6.76. The average Bonchev–Trinajstić information content (AvgIpc) is 3.33. The van der Waals surface area contributed by atoms with Crippen LogP contribution in [0.2, 0.25) is 5.02 Å². The van der Waals surface area contributed by atoms with E-state index >= 15 is 0 Å². The maximum absolute atomic E-state index is 13.8. The normalized spacial score (nSPS) is 31.2. The van der Waals surface area contributed by atoms with Crippen LogP contribution in [0.4, 0.5) is 0 Å². The van der Waals surface area contributed by atoms with E-state index in [2.05, 4.69) is 18.7 Å². The van der Waals surface area contributed by atoms with E-state index < -0.39 is 58.0 Å². The van der Waals surface area contributed by atoms with Crippen molar-refractivity contribution in [1.29, 1.82) is 0 Å². The van der Waals surface area contributed by atoms with Crippen molar-refractivity contribution >= 4 is 29.1 Å². The van der Waals surface area contributed by atoms with Gasteiger partial charge in [0.15, 0.2) is 11.4 Å². The first kappa shape index (κ1) is 27.6. The Morgan fingerprint density at radius 1 is 1.23 bits per heavy atom. The number of likely N-dealkylation sites (N-methyl/N-ethyl adjacent to an activating group) is 1. The second-order valence-electron chi connectivity index (χ2n) is 11.6. The van der Waals surface area contributed by atoms with Gasteiger partial charge in [0.25, 0.3) is 5.91 Å². The second kappa shape index (κ2) is 9.33. The number of phenols is 1. The summed E-state index contributed by atoms with van der Waals surface area (Å²) in [4.78, 5) is 43.1. The zero-order chi connectivity index (χ0) is 28.7. The average molecular weight is 560 g/mol. The molecule has 6 N–H and O–H groups in total. The number of ketones is 2. The fourth-order valence-electron chi connectivity index (χ4n) is 7.30. The number of fused-ring (bicyclic) bond motifs is 3. The van der Waals surface area contributed by atoms with Gasteiger partial charge in [-0.05, 0) is 83.3 Å². The number of carbonyl (C=O) groups is 3. The van der Waals surface area contributed by atoms with Crippen LogP contribution in [0.3, 0.4) is 0 Å². The summed E-state index contributed by atoms with van der Waals surface area (Å²) in [6, 6.07) is 0.703. The van der Waals surface area contributed by atoms with Gasteiger partial charge in [-0.3, -0.25) is 24.2 Å². The van der Waals surface area contributed by atoms with Gasteiger partial charge in [-0.25, -0.2) is 0 Å². The van der Waals surface area contributed by atoms with Gasteiger partial charge in [0, 0.05) is 28.6 Å². The predicted molar refractivity (Wildman–Crippen MR) is 143 cm³/mol. The van der Waals surface area contributed by atoms with Crippen molar-refractivity contribution < 1.29 is 34.8 Å². The van der Waals surface area contributed by atoms with Crippen molar-refractivity contribution in [3.8, 4) is 5.75 Å². The molecule has 210 valence electrons. The van der Waals surface area contributed by atoms with Gasteiger partial charge >= 0.3 is 0 Å². The number of allylic oxidation sites excluding steroid dienone is 1. The van der Waals surface area contributed by atoms with E-state index in [9.17, 15) is 34.8 Å². The highest BCUT2D eigenvalue weighted by molar-refractivity contribution is 6.33. The summed E-state index contributed by atoms with van der Waals surface area (Å²) < 4.78 is 0. The number of carbonyl (C=O) groups excluding carboxylic acids is 3. The summed E-state index contributed by atoms with van der Waals surface area (Å²) in [7, 11) is 3.19. The molecule has 3 aliphatic carbocycles. The van der Waals surface area contributed by atoms with Crippen LogP contribution < -0.4 is 5.73 Å². The van der Waals surface area contributed by atoms with Gasteiger partial charge in [-0.2, -0.15) is 0 Å². The Morgan fingerprint density at radius 2 is 1.90 bits per heavy atom. The molecule has 1 heterocycles. The van der Waals surface area contributed by atoms with Crippen molar-refractivity contribution in [2.75, 3.05) is 20.6 Å². The number of primary amides is 1. The molecule has 5 rings (SSSR count). The number of nitrogens with zero attached hydrogens (tertiary/aromatic N) is 2. The highest BCUT2D eigenvalue weighted by atomic mass is 35.5. The van der Waals surface area contributed by atoms with Gasteiger partial charge in [0.2, 0.25) is 5.78 Å². The molecule has 4 aliphatic rings. The lowest BCUT2D eigenvalue weighted by atomic mass is 9.58. The van der Waals surface area contributed by atoms with E-state index in [4.69, 9.17) is 17.3 Å². The summed E-state index contributed by atoms with van der Waals surface area (Å²) >= 11 is 6.95. The number of benzene rings is 1. The highest BCUT2D eigenvalue weighted by Gasteiger charge is 2.63. The van der Waals surface area contributed by atoms with Crippen LogP contribution >= 0.6 is 11.6 Å². The third kappa shape index (κ3) is 3.76. The van der Waals surface area contributed by atoms with Crippen molar-refractivity contribution in [2.45, 2.75) is 63.3 Å². The van der Waals surface area contributed by atoms with Gasteiger partial charge in [0.1, 0.15) is 22.8 Å². The van der Waals surface area contributed by atoms with E-state index in [1.807, 2.05) is 0 Å². The van der Waals surface area contributed by atoms with Crippen LogP contribution in [0.15, 0.2) is 28.7 Å². The molecule has 11 heteroatoms. The lowest BCUT2D eigenvalue weighted by Gasteiger charge is -2.50. The molecular formula is C28H34ClN3O7. The molecular weight excluding hydrogens is 526 g/mol. The van der Waals surface area contributed by atoms with Gasteiger partial charge in [0.05, 0.1) is 11.6 Å². The minimum Gasteiger partial charge on any atom is -0.510 e. The number of aromatic hydroxyl groups is 1. The number of hydrogen-bond acceptors (Lipinski definition) is 9. The maximum atomic E-state index is 13.8. The summed E-state index contributed by atoms with van der Waals surface area (Å²) in [5.41, 5.74) is 2.81. The first-order valence-corrected chi connectivity index (χ1v) is 13.6. The standard InChI is InChI=1S/C28H34ClN3O7/c1-11(2)32-7-5-6-16(32)13-10-17(33)19-14(21(13)29)8-12-9-15-22(31(3)4)24(35)20(27(30)38)26(37)28(15,39)25(36)18(12)23(19)34/h10-12,15-16,22,33,35-36,39H,5-9H2,1-4H3,(H2,30,38)/t12-,15-,16?,22-,28-/m0/s1. The van der Waals surface area contributed by atoms with Crippen LogP contribution in [0, 0.1) is 11.8 Å². The number of phenolic OH excluding ortho intramolecular Hbond substituents is 1. The molecule has 0 aromatic heterocycles. The summed E-state index contributed by atoms with van der Waals surface area (Å²) in [5, 5.41) is 45.4. The Hall–Kier alpha value is -2.92. The van der Waals surface area contributed by atoms with Crippen LogP contribution in [0.5, 0.6) is 5.75 Å². The van der Waals surface area contributed by atoms with Gasteiger partial charge < -0.3 is 26.2 Å².